The van der Waals surface area contributed by atoms with Gasteiger partial charge >= 0.3 is 0 Å². The monoisotopic (exact) mass is 428 g/mol. The summed E-state index contributed by atoms with van der Waals surface area (Å²) in [6.45, 7) is 3.01. The van der Waals surface area contributed by atoms with Gasteiger partial charge in [0.2, 0.25) is 5.91 Å². The third-order valence-corrected chi connectivity index (χ3v) is 5.51. The van der Waals surface area contributed by atoms with Crippen molar-refractivity contribution in [3.05, 3.63) is 53.2 Å². The summed E-state index contributed by atoms with van der Waals surface area (Å²) >= 11 is 0. The first-order chi connectivity index (χ1) is 14.9. The first-order valence-corrected chi connectivity index (χ1v) is 10.8. The lowest BCUT2D eigenvalue weighted by molar-refractivity contribution is -0.133. The van der Waals surface area contributed by atoms with Gasteiger partial charge in [-0.2, -0.15) is 0 Å². The van der Waals surface area contributed by atoms with Crippen molar-refractivity contribution < 1.29 is 9.18 Å². The summed E-state index contributed by atoms with van der Waals surface area (Å²) in [5, 5.41) is 3.15. The van der Waals surface area contributed by atoms with Gasteiger partial charge in [0.15, 0.2) is 0 Å². The van der Waals surface area contributed by atoms with Crippen LogP contribution in [-0.4, -0.2) is 73.5 Å². The first kappa shape index (κ1) is 23.1. The van der Waals surface area contributed by atoms with Crippen molar-refractivity contribution in [2.24, 2.45) is 0 Å². The Hall–Kier alpha value is -2.58. The summed E-state index contributed by atoms with van der Waals surface area (Å²) in [6, 6.07) is 8.40. The smallest absolute Gasteiger partial charge is 0.236 e. The Morgan fingerprint density at radius 2 is 1.97 bits per heavy atom. The molecular formula is C23H33FN6O. The Morgan fingerprint density at radius 3 is 2.65 bits per heavy atom. The number of benzene rings is 1. The normalized spacial score (nSPS) is 16.6. The number of amides is 1. The third-order valence-electron chi connectivity index (χ3n) is 5.51. The zero-order valence-corrected chi connectivity index (χ0v) is 18.9. The molecule has 1 saturated heterocycles. The molecule has 1 aromatic carbocycles. The molecule has 7 nitrogen and oxygen atoms in total. The molecule has 1 aliphatic rings. The fourth-order valence-corrected chi connectivity index (χ4v) is 3.89. The minimum Gasteiger partial charge on any atom is -0.363 e. The van der Waals surface area contributed by atoms with E-state index in [-0.39, 0.29) is 17.6 Å². The lowest BCUT2D eigenvalue weighted by Gasteiger charge is -2.33. The molecule has 0 spiro atoms. The van der Waals surface area contributed by atoms with Crippen molar-refractivity contribution in [2.75, 3.05) is 52.7 Å². The minimum atomic E-state index is -0.250. The largest absolute Gasteiger partial charge is 0.363 e. The quantitative estimate of drug-likeness (QED) is 0.696. The molecule has 0 bridgehead atoms. The Bertz CT molecular complexity index is 873. The van der Waals surface area contributed by atoms with Gasteiger partial charge in [-0.15, -0.1) is 0 Å². The van der Waals surface area contributed by atoms with Gasteiger partial charge in [0, 0.05) is 52.3 Å². The highest BCUT2D eigenvalue weighted by Gasteiger charge is 2.27. The predicted octanol–water partition coefficient (Wildman–Crippen LogP) is 2.24. The number of anilines is 1. The topological polar surface area (TPSA) is 64.6 Å². The molecule has 1 aromatic heterocycles. The summed E-state index contributed by atoms with van der Waals surface area (Å²) in [4.78, 5) is 28.4. The van der Waals surface area contributed by atoms with Crippen molar-refractivity contribution >= 4 is 11.7 Å². The van der Waals surface area contributed by atoms with Gasteiger partial charge in [-0.25, -0.2) is 14.4 Å². The van der Waals surface area contributed by atoms with Crippen LogP contribution in [0.1, 0.15) is 35.8 Å². The maximum Gasteiger partial charge on any atom is 0.236 e. The Labute approximate surface area is 184 Å². The number of halogens is 1. The van der Waals surface area contributed by atoms with Crippen molar-refractivity contribution in [3.8, 4) is 0 Å². The highest BCUT2D eigenvalue weighted by molar-refractivity contribution is 5.78. The van der Waals surface area contributed by atoms with E-state index in [0.717, 1.165) is 42.3 Å². The summed E-state index contributed by atoms with van der Waals surface area (Å²) in [6.07, 6.45) is 1.92. The van der Waals surface area contributed by atoms with Crippen LogP contribution in [0, 0.1) is 5.82 Å². The van der Waals surface area contributed by atoms with Gasteiger partial charge in [-0.1, -0.05) is 12.1 Å². The molecule has 0 saturated carbocycles. The maximum atomic E-state index is 13.1. The van der Waals surface area contributed by atoms with Crippen LogP contribution in [0.2, 0.25) is 0 Å². The first-order valence-electron chi connectivity index (χ1n) is 10.8. The molecular weight excluding hydrogens is 395 g/mol. The van der Waals surface area contributed by atoms with E-state index < -0.39 is 0 Å². The molecule has 2 aromatic rings. The number of hydrogen-bond donors (Lipinski definition) is 1. The standard InChI is InChI=1S/C23H33FN6O/c1-25-13-20-12-21(28(2)3)27-23(26-20)18-6-5-11-30(15-18)22(31)16-29(4)14-17-7-9-19(24)10-8-17/h7-10,12,18,25H,5-6,11,13-16H2,1-4H3/t18-/m1/s1. The average molecular weight is 429 g/mol. The van der Waals surface area contributed by atoms with E-state index in [1.54, 1.807) is 12.1 Å². The van der Waals surface area contributed by atoms with Crippen LogP contribution in [0.3, 0.4) is 0 Å². The van der Waals surface area contributed by atoms with Gasteiger partial charge in [0.05, 0.1) is 12.2 Å². The number of nitrogens with one attached hydrogen (secondary N) is 1. The number of carbonyl (C=O) groups is 1. The molecule has 1 amide bonds. The van der Waals surface area contributed by atoms with Crippen molar-refractivity contribution in [1.29, 1.82) is 0 Å². The molecule has 0 aliphatic carbocycles. The highest BCUT2D eigenvalue weighted by Crippen LogP contribution is 2.26. The SMILES string of the molecule is CNCc1cc(N(C)C)nc([C@@H]2CCCN(C(=O)CN(C)Cc3ccc(F)cc3)C2)n1. The van der Waals surface area contributed by atoms with E-state index in [1.807, 2.05) is 49.0 Å². The molecule has 8 heteroatoms. The second kappa shape index (κ2) is 10.6. The molecule has 0 unspecified atom stereocenters. The van der Waals surface area contributed by atoms with Gasteiger partial charge in [0.1, 0.15) is 17.5 Å². The Kier molecular flexibility index (Phi) is 7.92. The molecule has 2 heterocycles. The Morgan fingerprint density at radius 1 is 1.23 bits per heavy atom. The molecule has 3 rings (SSSR count). The number of hydrogen-bond acceptors (Lipinski definition) is 6. The minimum absolute atomic E-state index is 0.105. The molecule has 1 atom stereocenters. The molecule has 1 fully saturated rings. The van der Waals surface area contributed by atoms with E-state index in [0.29, 0.717) is 26.2 Å². The van der Waals surface area contributed by atoms with Crippen molar-refractivity contribution in [1.82, 2.24) is 25.1 Å². The van der Waals surface area contributed by atoms with E-state index in [4.69, 9.17) is 9.97 Å². The lowest BCUT2D eigenvalue weighted by atomic mass is 9.97. The van der Waals surface area contributed by atoms with Crippen LogP contribution in [0.25, 0.3) is 0 Å². The molecule has 31 heavy (non-hydrogen) atoms. The number of piperidine rings is 1. The van der Waals surface area contributed by atoms with Crippen LogP contribution in [0.4, 0.5) is 10.2 Å². The van der Waals surface area contributed by atoms with E-state index in [1.165, 1.54) is 12.1 Å². The van der Waals surface area contributed by atoms with Crippen LogP contribution >= 0.6 is 0 Å². The van der Waals surface area contributed by atoms with Gasteiger partial charge in [-0.05, 0) is 44.6 Å². The maximum absolute atomic E-state index is 13.1. The Balaban J connectivity index is 1.64. The van der Waals surface area contributed by atoms with E-state index >= 15 is 0 Å². The zero-order chi connectivity index (χ0) is 22.4. The fourth-order valence-electron chi connectivity index (χ4n) is 3.89. The van der Waals surface area contributed by atoms with Crippen molar-refractivity contribution in [2.45, 2.75) is 31.8 Å². The second-order valence-corrected chi connectivity index (χ2v) is 8.48. The number of rotatable bonds is 8. The predicted molar refractivity (Wildman–Crippen MR) is 120 cm³/mol. The highest BCUT2D eigenvalue weighted by atomic mass is 19.1. The molecule has 1 aliphatic heterocycles. The fraction of sp³-hybridized carbons (Fsp3) is 0.522. The molecule has 168 valence electrons. The van der Waals surface area contributed by atoms with E-state index in [9.17, 15) is 9.18 Å². The molecule has 0 radical (unpaired) electrons. The number of carbonyl (C=O) groups excluding carboxylic acids is 1. The van der Waals surface area contributed by atoms with Crippen LogP contribution in [0.5, 0.6) is 0 Å². The summed E-state index contributed by atoms with van der Waals surface area (Å²) < 4.78 is 13.1. The van der Waals surface area contributed by atoms with Gasteiger partial charge in [-0.3, -0.25) is 9.69 Å². The average Bonchev–Trinajstić information content (AvgIpc) is 2.75. The second-order valence-electron chi connectivity index (χ2n) is 8.48. The third kappa shape index (κ3) is 6.45. The van der Waals surface area contributed by atoms with Crippen LogP contribution < -0.4 is 10.2 Å². The number of aromatic nitrogens is 2. The number of nitrogens with zero attached hydrogens (tertiary/aromatic N) is 5. The summed E-state index contributed by atoms with van der Waals surface area (Å²) in [5.41, 5.74) is 1.94. The number of likely N-dealkylation sites (N-methyl/N-ethyl adjacent to an activating group) is 1. The van der Waals surface area contributed by atoms with Gasteiger partial charge in [0.25, 0.3) is 0 Å². The lowest BCUT2D eigenvalue weighted by Crippen LogP contribution is -2.44. The van der Waals surface area contributed by atoms with E-state index in [2.05, 4.69) is 5.32 Å². The van der Waals surface area contributed by atoms with Gasteiger partial charge < -0.3 is 15.1 Å². The summed E-state index contributed by atoms with van der Waals surface area (Å²) in [5.74, 6) is 1.69. The van der Waals surface area contributed by atoms with Crippen LogP contribution in [-0.2, 0) is 17.9 Å². The zero-order valence-electron chi connectivity index (χ0n) is 18.9. The number of likely N-dealkylation sites (tertiary alicyclic amines) is 1. The molecule has 1 N–H and O–H groups in total. The van der Waals surface area contributed by atoms with Crippen LogP contribution in [0.15, 0.2) is 30.3 Å². The summed E-state index contributed by atoms with van der Waals surface area (Å²) in [7, 11) is 7.77. The van der Waals surface area contributed by atoms with Crippen molar-refractivity contribution in [3.63, 3.8) is 0 Å².